The van der Waals surface area contributed by atoms with Crippen molar-refractivity contribution < 1.29 is 19.4 Å². The number of carboxylic acid groups (broad SMARTS) is 1. The summed E-state index contributed by atoms with van der Waals surface area (Å²) in [7, 11) is 0. The predicted octanol–water partition coefficient (Wildman–Crippen LogP) is 5.46. The van der Waals surface area contributed by atoms with E-state index in [2.05, 4.69) is 26.8 Å². The van der Waals surface area contributed by atoms with Crippen LogP contribution in [0, 0.1) is 5.92 Å². The Labute approximate surface area is 164 Å². The van der Waals surface area contributed by atoms with Crippen LogP contribution in [0.1, 0.15) is 60.7 Å². The number of benzene rings is 2. The van der Waals surface area contributed by atoms with Gasteiger partial charge in [-0.1, -0.05) is 29.8 Å². The Balaban J connectivity index is 1.75. The number of carbonyl (C=O) groups is 1. The highest BCUT2D eigenvalue weighted by Gasteiger charge is 2.50. The number of hydrogen-bond acceptors (Lipinski definition) is 3. The van der Waals surface area contributed by atoms with Crippen LogP contribution in [0.5, 0.6) is 5.75 Å². The van der Waals surface area contributed by atoms with Gasteiger partial charge in [0.05, 0.1) is 17.8 Å². The molecule has 0 aliphatic carbocycles. The molecule has 0 bridgehead atoms. The van der Waals surface area contributed by atoms with Gasteiger partial charge >= 0.3 is 5.97 Å². The van der Waals surface area contributed by atoms with Crippen molar-refractivity contribution in [3.63, 3.8) is 0 Å². The number of halogens is 1. The fourth-order valence-electron chi connectivity index (χ4n) is 4.46. The molecule has 1 N–H and O–H groups in total. The summed E-state index contributed by atoms with van der Waals surface area (Å²) >= 11 is 6.45. The molecule has 27 heavy (non-hydrogen) atoms. The van der Waals surface area contributed by atoms with Gasteiger partial charge in [-0.25, -0.2) is 4.79 Å². The van der Waals surface area contributed by atoms with Crippen molar-refractivity contribution in [1.82, 2.24) is 0 Å². The average molecular weight is 387 g/mol. The molecule has 4 nitrogen and oxygen atoms in total. The molecule has 142 valence electrons. The minimum absolute atomic E-state index is 0.0404. The topological polar surface area (TPSA) is 55.8 Å². The summed E-state index contributed by atoms with van der Waals surface area (Å²) in [5.74, 6) is 0.00479. The molecule has 0 aromatic heterocycles. The van der Waals surface area contributed by atoms with Crippen LogP contribution in [-0.2, 0) is 4.74 Å². The quantitative estimate of drug-likeness (QED) is 0.744. The highest BCUT2D eigenvalue weighted by atomic mass is 35.5. The molecule has 2 aromatic rings. The van der Waals surface area contributed by atoms with Gasteiger partial charge in [-0.3, -0.25) is 0 Å². The minimum atomic E-state index is -0.947. The highest BCUT2D eigenvalue weighted by Crippen LogP contribution is 2.54. The molecule has 0 spiro atoms. The Morgan fingerprint density at radius 2 is 1.93 bits per heavy atom. The van der Waals surface area contributed by atoms with Crippen molar-refractivity contribution in [2.75, 3.05) is 0 Å². The highest BCUT2D eigenvalue weighted by molar-refractivity contribution is 6.31. The van der Waals surface area contributed by atoms with Crippen molar-refractivity contribution >= 4 is 17.6 Å². The first-order valence-electron chi connectivity index (χ1n) is 9.24. The Morgan fingerprint density at radius 1 is 1.19 bits per heavy atom. The molecule has 0 amide bonds. The summed E-state index contributed by atoms with van der Waals surface area (Å²) in [6.45, 7) is 6.21. The summed E-state index contributed by atoms with van der Waals surface area (Å²) in [6.07, 6.45) is 0.623. The molecular formula is C22H23ClO4. The van der Waals surface area contributed by atoms with Crippen LogP contribution < -0.4 is 4.74 Å². The van der Waals surface area contributed by atoms with E-state index in [1.807, 2.05) is 18.2 Å². The predicted molar refractivity (Wildman–Crippen MR) is 104 cm³/mol. The van der Waals surface area contributed by atoms with Crippen LogP contribution in [0.2, 0.25) is 5.02 Å². The molecule has 2 heterocycles. The van der Waals surface area contributed by atoms with Crippen molar-refractivity contribution in [3.05, 3.63) is 64.2 Å². The summed E-state index contributed by atoms with van der Waals surface area (Å²) in [5, 5.41) is 10.1. The van der Waals surface area contributed by atoms with Gasteiger partial charge < -0.3 is 14.6 Å². The van der Waals surface area contributed by atoms with E-state index >= 15 is 0 Å². The summed E-state index contributed by atoms with van der Waals surface area (Å²) in [6, 6.07) is 12.9. The zero-order chi connectivity index (χ0) is 19.3. The third-order valence-electron chi connectivity index (χ3n) is 5.94. The second kappa shape index (κ2) is 6.54. The zero-order valence-corrected chi connectivity index (χ0v) is 16.4. The number of fused-ring (bicyclic) bond motifs is 3. The van der Waals surface area contributed by atoms with Crippen molar-refractivity contribution in [2.45, 2.75) is 50.9 Å². The molecule has 4 atom stereocenters. The van der Waals surface area contributed by atoms with Crippen LogP contribution in [0.25, 0.3) is 0 Å². The molecule has 1 fully saturated rings. The second-order valence-corrected chi connectivity index (χ2v) is 8.40. The third-order valence-corrected chi connectivity index (χ3v) is 6.28. The SMILES string of the molecule is C[C@H]1O[C@@H]2c3cc(C(=O)O)ccc3OC(C)(C)[C@H]2C[C@@H]1c1ccccc1Cl. The maximum Gasteiger partial charge on any atom is 0.335 e. The number of aromatic carboxylic acids is 1. The lowest BCUT2D eigenvalue weighted by Crippen LogP contribution is -2.50. The van der Waals surface area contributed by atoms with Crippen LogP contribution >= 0.6 is 11.6 Å². The third kappa shape index (κ3) is 3.11. The van der Waals surface area contributed by atoms with Gasteiger partial charge in [0.15, 0.2) is 0 Å². The van der Waals surface area contributed by atoms with Gasteiger partial charge in [-0.15, -0.1) is 0 Å². The van der Waals surface area contributed by atoms with E-state index in [1.54, 1.807) is 18.2 Å². The van der Waals surface area contributed by atoms with Gasteiger partial charge in [0.2, 0.25) is 0 Å². The fourth-order valence-corrected chi connectivity index (χ4v) is 4.74. The van der Waals surface area contributed by atoms with Crippen molar-refractivity contribution in [2.24, 2.45) is 5.92 Å². The number of rotatable bonds is 2. The Hall–Kier alpha value is -2.04. The van der Waals surface area contributed by atoms with E-state index in [1.165, 1.54) is 0 Å². The maximum absolute atomic E-state index is 11.4. The molecular weight excluding hydrogens is 364 g/mol. The van der Waals surface area contributed by atoms with Crippen LogP contribution in [0.4, 0.5) is 0 Å². The van der Waals surface area contributed by atoms with Gasteiger partial charge in [0.25, 0.3) is 0 Å². The van der Waals surface area contributed by atoms with E-state index in [0.717, 1.165) is 22.6 Å². The Bertz CT molecular complexity index is 892. The Kier molecular flexibility index (Phi) is 4.44. The van der Waals surface area contributed by atoms with Crippen LogP contribution in [0.15, 0.2) is 42.5 Å². The maximum atomic E-state index is 11.4. The first-order valence-corrected chi connectivity index (χ1v) is 9.62. The summed E-state index contributed by atoms with van der Waals surface area (Å²) in [5.41, 5.74) is 1.73. The molecule has 0 unspecified atom stereocenters. The van der Waals surface area contributed by atoms with Gasteiger partial charge in [-0.05, 0) is 57.0 Å². The molecule has 4 rings (SSSR count). The van der Waals surface area contributed by atoms with Gasteiger partial charge in [-0.2, -0.15) is 0 Å². The number of ether oxygens (including phenoxy) is 2. The monoisotopic (exact) mass is 386 g/mol. The lowest BCUT2D eigenvalue weighted by molar-refractivity contribution is -0.153. The molecule has 0 radical (unpaired) electrons. The first kappa shape index (κ1) is 18.3. The molecule has 1 saturated heterocycles. The smallest absolute Gasteiger partial charge is 0.335 e. The largest absolute Gasteiger partial charge is 0.487 e. The van der Waals surface area contributed by atoms with Crippen LogP contribution in [-0.4, -0.2) is 22.8 Å². The average Bonchev–Trinajstić information content (AvgIpc) is 2.61. The Morgan fingerprint density at radius 3 is 2.63 bits per heavy atom. The van der Waals surface area contributed by atoms with E-state index in [0.29, 0.717) is 5.75 Å². The molecule has 2 aliphatic heterocycles. The first-order chi connectivity index (χ1) is 12.8. The minimum Gasteiger partial charge on any atom is -0.487 e. The number of hydrogen-bond donors (Lipinski definition) is 1. The normalized spacial score (nSPS) is 28.6. The zero-order valence-electron chi connectivity index (χ0n) is 15.6. The van der Waals surface area contributed by atoms with Crippen LogP contribution in [0.3, 0.4) is 0 Å². The van der Waals surface area contributed by atoms with E-state index in [-0.39, 0.29) is 29.6 Å². The van der Waals surface area contributed by atoms with Crippen molar-refractivity contribution in [3.8, 4) is 5.75 Å². The fraction of sp³-hybridized carbons (Fsp3) is 0.409. The molecule has 5 heteroatoms. The molecule has 2 aromatic carbocycles. The lowest BCUT2D eigenvalue weighted by Gasteiger charge is -2.50. The summed E-state index contributed by atoms with van der Waals surface area (Å²) in [4.78, 5) is 11.4. The standard InChI is InChI=1S/C22H23ClO4/c1-12-15(14-6-4-5-7-18(14)23)11-17-20(26-12)16-10-13(21(24)25)8-9-19(16)27-22(17,2)3/h4-10,12,15,17,20H,11H2,1-3H3,(H,24,25)/t12-,15+,17+,20-/m1/s1. The van der Waals surface area contributed by atoms with E-state index in [9.17, 15) is 9.90 Å². The second-order valence-electron chi connectivity index (χ2n) is 8.00. The summed E-state index contributed by atoms with van der Waals surface area (Å²) < 4.78 is 12.7. The number of carboxylic acids is 1. The van der Waals surface area contributed by atoms with E-state index in [4.69, 9.17) is 21.1 Å². The van der Waals surface area contributed by atoms with Gasteiger partial charge in [0.1, 0.15) is 11.4 Å². The molecule has 2 aliphatic rings. The molecule has 0 saturated carbocycles. The van der Waals surface area contributed by atoms with E-state index < -0.39 is 11.6 Å². The lowest BCUT2D eigenvalue weighted by atomic mass is 9.70. The van der Waals surface area contributed by atoms with Crippen molar-refractivity contribution in [1.29, 1.82) is 0 Å². The van der Waals surface area contributed by atoms with Gasteiger partial charge in [0, 0.05) is 22.4 Å².